The molecule has 0 unspecified atom stereocenters. The van der Waals surface area contributed by atoms with Gasteiger partial charge in [-0.3, -0.25) is 0 Å². The minimum Gasteiger partial charge on any atom is -0.382 e. The van der Waals surface area contributed by atoms with Crippen LogP contribution in [-0.2, 0) is 9.84 Å². The maximum atomic E-state index is 11.9. The largest absolute Gasteiger partial charge is 0.441 e. The van der Waals surface area contributed by atoms with Crippen molar-refractivity contribution in [2.45, 2.75) is 17.3 Å². The summed E-state index contributed by atoms with van der Waals surface area (Å²) in [5, 5.41) is 2.81. The van der Waals surface area contributed by atoms with E-state index in [9.17, 15) is 21.6 Å². The first-order valence-corrected chi connectivity index (χ1v) is 8.51. The first-order chi connectivity index (χ1) is 8.67. The number of nitrogens with one attached hydrogen (secondary N) is 1. The Morgan fingerprint density at radius 2 is 2.11 bits per heavy atom. The number of rotatable bonds is 6. The molecule has 0 fully saturated rings. The number of halogens is 3. The molecule has 11 heteroatoms. The van der Waals surface area contributed by atoms with Crippen molar-refractivity contribution in [2.75, 3.05) is 29.1 Å². The second-order valence-electron chi connectivity index (χ2n) is 3.35. The van der Waals surface area contributed by atoms with E-state index in [1.165, 1.54) is 6.92 Å². The maximum Gasteiger partial charge on any atom is 0.441 e. The molecule has 0 spiro atoms. The van der Waals surface area contributed by atoms with E-state index in [4.69, 9.17) is 5.73 Å². The van der Waals surface area contributed by atoms with E-state index in [1.807, 2.05) is 0 Å². The van der Waals surface area contributed by atoms with Crippen LogP contribution in [0.1, 0.15) is 6.92 Å². The van der Waals surface area contributed by atoms with Gasteiger partial charge in [0.15, 0.2) is 15.7 Å². The van der Waals surface area contributed by atoms with Gasteiger partial charge >= 0.3 is 5.51 Å². The topological polar surface area (TPSA) is 85.1 Å². The highest BCUT2D eigenvalue weighted by atomic mass is 32.2. The molecule has 0 aliphatic rings. The van der Waals surface area contributed by atoms with E-state index in [0.717, 1.165) is 11.5 Å². The quantitative estimate of drug-likeness (QED) is 0.775. The average Bonchev–Trinajstić information content (AvgIpc) is 2.65. The van der Waals surface area contributed by atoms with Gasteiger partial charge in [-0.25, -0.2) is 8.42 Å². The van der Waals surface area contributed by atoms with Crippen LogP contribution >= 0.6 is 23.3 Å². The Morgan fingerprint density at radius 1 is 1.47 bits per heavy atom. The molecule has 0 atom stereocenters. The number of sulfone groups is 1. The Bertz CT molecular complexity index is 527. The summed E-state index contributed by atoms with van der Waals surface area (Å²) in [6, 6.07) is 0. The molecule has 0 aliphatic heterocycles. The molecule has 0 bridgehead atoms. The van der Waals surface area contributed by atoms with Crippen molar-refractivity contribution in [1.82, 2.24) is 4.37 Å². The van der Waals surface area contributed by atoms with Crippen LogP contribution in [0.15, 0.2) is 4.90 Å². The number of hydrogen-bond acceptors (Lipinski definition) is 7. The summed E-state index contributed by atoms with van der Waals surface area (Å²) in [5.74, 6) is -0.507. The molecule has 19 heavy (non-hydrogen) atoms. The van der Waals surface area contributed by atoms with Crippen molar-refractivity contribution in [2.24, 2.45) is 0 Å². The number of alkyl halides is 3. The van der Waals surface area contributed by atoms with E-state index in [0.29, 0.717) is 0 Å². The fraction of sp³-hybridized carbons (Fsp3) is 0.625. The van der Waals surface area contributed by atoms with E-state index < -0.39 is 15.3 Å². The highest BCUT2D eigenvalue weighted by Gasteiger charge is 2.28. The number of nitrogens with two attached hydrogens (primary N) is 1. The van der Waals surface area contributed by atoms with Crippen molar-refractivity contribution in [3.63, 3.8) is 0 Å². The number of aromatic nitrogens is 1. The Balaban J connectivity index is 2.71. The highest BCUT2D eigenvalue weighted by Crippen LogP contribution is 2.33. The normalized spacial score (nSPS) is 12.6. The molecule has 0 saturated heterocycles. The summed E-state index contributed by atoms with van der Waals surface area (Å²) in [6.07, 6.45) is 0. The molecular formula is C8H12F3N3O2S3. The summed E-state index contributed by atoms with van der Waals surface area (Å²) in [4.78, 5) is -0.128. The first-order valence-electron chi connectivity index (χ1n) is 5.10. The summed E-state index contributed by atoms with van der Waals surface area (Å²) in [5.41, 5.74) is 1.17. The van der Waals surface area contributed by atoms with Crippen LogP contribution in [0.3, 0.4) is 0 Å². The molecule has 1 heterocycles. The van der Waals surface area contributed by atoms with Gasteiger partial charge in [0.1, 0.15) is 9.90 Å². The van der Waals surface area contributed by atoms with Gasteiger partial charge in [-0.05, 0) is 23.3 Å². The fourth-order valence-corrected chi connectivity index (χ4v) is 3.81. The monoisotopic (exact) mass is 335 g/mol. The third-order valence-electron chi connectivity index (χ3n) is 2.02. The lowest BCUT2D eigenvalue weighted by molar-refractivity contribution is -0.0327. The molecule has 5 nitrogen and oxygen atoms in total. The van der Waals surface area contributed by atoms with Crippen LogP contribution in [0.4, 0.5) is 24.0 Å². The number of anilines is 2. The van der Waals surface area contributed by atoms with Gasteiger partial charge in [-0.1, -0.05) is 6.92 Å². The minimum absolute atomic E-state index is 0.0297. The molecule has 1 rings (SSSR count). The number of nitrogens with zero attached hydrogens (tertiary/aromatic N) is 1. The lowest BCUT2D eigenvalue weighted by Gasteiger charge is -2.08. The minimum atomic E-state index is -4.30. The van der Waals surface area contributed by atoms with Gasteiger partial charge in [-0.15, -0.1) is 0 Å². The number of thioether (sulfide) groups is 1. The molecule has 1 aromatic heterocycles. The summed E-state index contributed by atoms with van der Waals surface area (Å²) in [6.45, 7) is 1.42. The molecular weight excluding hydrogens is 323 g/mol. The van der Waals surface area contributed by atoms with Crippen LogP contribution in [-0.4, -0.2) is 36.4 Å². The van der Waals surface area contributed by atoms with Crippen molar-refractivity contribution in [1.29, 1.82) is 0 Å². The molecule has 110 valence electrons. The molecule has 0 saturated carbocycles. The summed E-state index contributed by atoms with van der Waals surface area (Å²) < 4.78 is 63.0. The number of nitrogen functional groups attached to an aromatic ring is 1. The Morgan fingerprint density at radius 3 is 2.63 bits per heavy atom. The van der Waals surface area contributed by atoms with Crippen LogP contribution < -0.4 is 11.1 Å². The van der Waals surface area contributed by atoms with E-state index in [2.05, 4.69) is 9.69 Å². The fourth-order valence-electron chi connectivity index (χ4n) is 1.18. The van der Waals surface area contributed by atoms with Gasteiger partial charge in [-0.2, -0.15) is 17.5 Å². The van der Waals surface area contributed by atoms with Gasteiger partial charge in [0.2, 0.25) is 0 Å². The van der Waals surface area contributed by atoms with Crippen molar-refractivity contribution < 1.29 is 21.6 Å². The van der Waals surface area contributed by atoms with Gasteiger partial charge in [0.25, 0.3) is 0 Å². The van der Waals surface area contributed by atoms with Crippen LogP contribution in [0.2, 0.25) is 0 Å². The lowest BCUT2D eigenvalue weighted by atomic mass is 10.6. The Labute approximate surface area is 116 Å². The van der Waals surface area contributed by atoms with Crippen molar-refractivity contribution in [3.05, 3.63) is 0 Å². The second-order valence-corrected chi connectivity index (χ2v) is 7.50. The molecule has 0 aliphatic carbocycles. The zero-order valence-electron chi connectivity index (χ0n) is 9.82. The molecule has 0 amide bonds. The summed E-state index contributed by atoms with van der Waals surface area (Å²) in [7, 11) is -3.55. The van der Waals surface area contributed by atoms with Gasteiger partial charge in [0, 0.05) is 12.3 Å². The van der Waals surface area contributed by atoms with Crippen LogP contribution in [0, 0.1) is 0 Å². The standard InChI is InChI=1S/C8H12F3N3O2S3/c1-2-19(15,16)5-6(12)14-18-7(5)13-3-4-17-8(9,10)11/h13H,2-4H2,1H3,(H2,12,14). The Kier molecular flexibility index (Phi) is 5.33. The van der Waals surface area contributed by atoms with Crippen molar-refractivity contribution in [3.8, 4) is 0 Å². The zero-order chi connectivity index (χ0) is 14.7. The average molecular weight is 335 g/mol. The smallest absolute Gasteiger partial charge is 0.382 e. The highest BCUT2D eigenvalue weighted by molar-refractivity contribution is 8.00. The zero-order valence-corrected chi connectivity index (χ0v) is 12.3. The van der Waals surface area contributed by atoms with Gasteiger partial charge < -0.3 is 11.1 Å². The SMILES string of the molecule is CCS(=O)(=O)c1c(N)nsc1NCCSC(F)(F)F. The Hall–Kier alpha value is -0.680. The predicted octanol–water partition coefficient (Wildman–Crippen LogP) is 2.18. The van der Waals surface area contributed by atoms with Crippen LogP contribution in [0.5, 0.6) is 0 Å². The van der Waals surface area contributed by atoms with Crippen molar-refractivity contribution >= 4 is 44.0 Å². The van der Waals surface area contributed by atoms with E-state index in [-0.39, 0.29) is 45.5 Å². The summed E-state index contributed by atoms with van der Waals surface area (Å²) >= 11 is 0.640. The third-order valence-corrected chi connectivity index (χ3v) is 5.50. The molecule has 0 aromatic carbocycles. The third kappa shape index (κ3) is 4.73. The maximum absolute atomic E-state index is 11.9. The molecule has 3 N–H and O–H groups in total. The molecule has 1 aromatic rings. The number of hydrogen-bond donors (Lipinski definition) is 2. The van der Waals surface area contributed by atoms with E-state index >= 15 is 0 Å². The van der Waals surface area contributed by atoms with Crippen LogP contribution in [0.25, 0.3) is 0 Å². The molecule has 0 radical (unpaired) electrons. The lowest BCUT2D eigenvalue weighted by Crippen LogP contribution is -2.12. The van der Waals surface area contributed by atoms with Gasteiger partial charge in [0.05, 0.1) is 5.75 Å². The first kappa shape index (κ1) is 16.4. The predicted molar refractivity (Wildman–Crippen MR) is 71.3 cm³/mol. The second kappa shape index (κ2) is 6.18. The van der Waals surface area contributed by atoms with E-state index in [1.54, 1.807) is 0 Å².